The number of aromatic amines is 1. The molecular weight excluding hydrogens is 235 g/mol. The van der Waals surface area contributed by atoms with E-state index in [0.717, 1.165) is 0 Å². The lowest BCUT2D eigenvalue weighted by Gasteiger charge is -1.94. The van der Waals surface area contributed by atoms with Gasteiger partial charge in [-0.3, -0.25) is 0 Å². The van der Waals surface area contributed by atoms with Crippen LogP contribution in [0.3, 0.4) is 0 Å². The van der Waals surface area contributed by atoms with Crippen LogP contribution in [0.5, 0.6) is 0 Å². The molecule has 2 nitrogen and oxygen atoms in total. The topological polar surface area (TPSA) is 39.6 Å². The average Bonchev–Trinajstić information content (AvgIpc) is 2.47. The summed E-state index contributed by atoms with van der Waals surface area (Å²) in [5.74, 6) is -0.387. The maximum atomic E-state index is 13.3. The zero-order chi connectivity index (χ0) is 9.42. The van der Waals surface area contributed by atoms with Crippen molar-refractivity contribution in [2.45, 2.75) is 0 Å². The van der Waals surface area contributed by atoms with Crippen LogP contribution in [0.25, 0.3) is 10.9 Å². The summed E-state index contributed by atoms with van der Waals surface area (Å²) < 4.78 is 14.0. The van der Waals surface area contributed by atoms with E-state index in [4.69, 9.17) is 5.26 Å². The zero-order valence-electron chi connectivity index (χ0n) is 6.44. The van der Waals surface area contributed by atoms with Gasteiger partial charge in [-0.2, -0.15) is 5.26 Å². The van der Waals surface area contributed by atoms with Gasteiger partial charge < -0.3 is 4.98 Å². The number of fused-ring (bicyclic) bond motifs is 1. The fourth-order valence-corrected chi connectivity index (χ4v) is 1.70. The number of hydrogen-bond donors (Lipinski definition) is 1. The molecule has 1 aromatic carbocycles. The Kier molecular flexibility index (Phi) is 1.82. The molecule has 0 aliphatic rings. The maximum Gasteiger partial charge on any atom is 0.135 e. The van der Waals surface area contributed by atoms with Crippen LogP contribution in [-0.4, -0.2) is 4.98 Å². The van der Waals surface area contributed by atoms with E-state index in [1.165, 1.54) is 12.3 Å². The Morgan fingerprint density at radius 2 is 2.23 bits per heavy atom. The third-order valence-corrected chi connectivity index (χ3v) is 2.27. The Morgan fingerprint density at radius 1 is 1.46 bits per heavy atom. The smallest absolute Gasteiger partial charge is 0.135 e. The van der Waals surface area contributed by atoms with Gasteiger partial charge in [-0.25, -0.2) is 4.39 Å². The Balaban J connectivity index is 2.92. The Bertz CT molecular complexity index is 510. The molecule has 0 atom stereocenters. The summed E-state index contributed by atoms with van der Waals surface area (Å²) in [4.78, 5) is 2.83. The summed E-state index contributed by atoms with van der Waals surface area (Å²) in [5.41, 5.74) is 0.962. The van der Waals surface area contributed by atoms with Gasteiger partial charge in [0.25, 0.3) is 0 Å². The van der Waals surface area contributed by atoms with Gasteiger partial charge >= 0.3 is 0 Å². The summed E-state index contributed by atoms with van der Waals surface area (Å²) in [5, 5.41) is 9.02. The second-order valence-electron chi connectivity index (χ2n) is 2.62. The van der Waals surface area contributed by atoms with Crippen LogP contribution in [0.4, 0.5) is 4.39 Å². The number of nitrogens with one attached hydrogen (secondary N) is 1. The molecule has 0 saturated heterocycles. The highest BCUT2D eigenvalue weighted by Gasteiger charge is 2.08. The van der Waals surface area contributed by atoms with E-state index >= 15 is 0 Å². The van der Waals surface area contributed by atoms with Gasteiger partial charge in [-0.1, -0.05) is 15.9 Å². The second-order valence-corrected chi connectivity index (χ2v) is 3.54. The number of benzene rings is 1. The fourth-order valence-electron chi connectivity index (χ4n) is 1.27. The molecule has 2 aromatic rings. The molecule has 0 spiro atoms. The van der Waals surface area contributed by atoms with E-state index in [-0.39, 0.29) is 5.82 Å². The van der Waals surface area contributed by atoms with Gasteiger partial charge in [0.05, 0.1) is 16.5 Å². The Hall–Kier alpha value is -1.34. The van der Waals surface area contributed by atoms with Crippen LogP contribution >= 0.6 is 15.9 Å². The zero-order valence-corrected chi connectivity index (χ0v) is 8.02. The van der Waals surface area contributed by atoms with E-state index in [1.807, 2.05) is 6.07 Å². The predicted octanol–water partition coefficient (Wildman–Crippen LogP) is 2.94. The van der Waals surface area contributed by atoms with Gasteiger partial charge in [0, 0.05) is 10.7 Å². The first-order valence-electron chi connectivity index (χ1n) is 3.58. The summed E-state index contributed by atoms with van der Waals surface area (Å²) in [6.07, 6.45) is 1.50. The van der Waals surface area contributed by atoms with Gasteiger partial charge in [-0.15, -0.1) is 0 Å². The van der Waals surface area contributed by atoms with Crippen molar-refractivity contribution in [3.63, 3.8) is 0 Å². The molecule has 0 amide bonds. The SMILES string of the molecule is N#Cc1c[nH]c2cc(Br)cc(F)c12. The fraction of sp³-hybridized carbons (Fsp3) is 0. The van der Waals surface area contributed by atoms with E-state index in [1.54, 1.807) is 6.07 Å². The van der Waals surface area contributed by atoms with Crippen LogP contribution < -0.4 is 0 Å². The Morgan fingerprint density at radius 3 is 2.92 bits per heavy atom. The van der Waals surface area contributed by atoms with Gasteiger partial charge in [0.15, 0.2) is 0 Å². The average molecular weight is 239 g/mol. The Labute approximate surface area is 82.1 Å². The molecule has 1 aromatic heterocycles. The summed E-state index contributed by atoms with van der Waals surface area (Å²) in [7, 11) is 0. The lowest BCUT2D eigenvalue weighted by atomic mass is 10.2. The molecule has 0 aliphatic heterocycles. The highest BCUT2D eigenvalue weighted by atomic mass is 79.9. The number of halogens is 2. The molecular formula is C9H4BrFN2. The van der Waals surface area contributed by atoms with E-state index in [0.29, 0.717) is 20.9 Å². The molecule has 4 heteroatoms. The normalized spacial score (nSPS) is 10.2. The van der Waals surface area contributed by atoms with Gasteiger partial charge in [0.1, 0.15) is 11.9 Å². The molecule has 0 radical (unpaired) electrons. The first-order valence-corrected chi connectivity index (χ1v) is 4.38. The number of rotatable bonds is 0. The van der Waals surface area contributed by atoms with Crippen LogP contribution in [-0.2, 0) is 0 Å². The molecule has 0 bridgehead atoms. The molecule has 0 unspecified atom stereocenters. The van der Waals surface area contributed by atoms with Crippen molar-refractivity contribution >= 4 is 26.8 Å². The predicted molar refractivity (Wildman–Crippen MR) is 50.7 cm³/mol. The third kappa shape index (κ3) is 1.21. The minimum Gasteiger partial charge on any atom is -0.360 e. The van der Waals surface area contributed by atoms with E-state index in [2.05, 4.69) is 20.9 Å². The first-order chi connectivity index (χ1) is 6.22. The standard InChI is InChI=1S/C9H4BrFN2/c10-6-1-7(11)9-5(3-12)4-13-8(9)2-6/h1-2,4,13H. The van der Waals surface area contributed by atoms with Crippen molar-refractivity contribution in [3.8, 4) is 6.07 Å². The molecule has 13 heavy (non-hydrogen) atoms. The van der Waals surface area contributed by atoms with Crippen molar-refractivity contribution < 1.29 is 4.39 Å². The van der Waals surface area contributed by atoms with Crippen LogP contribution in [0, 0.1) is 17.1 Å². The largest absolute Gasteiger partial charge is 0.360 e. The number of H-pyrrole nitrogens is 1. The molecule has 1 heterocycles. The minimum atomic E-state index is -0.387. The van der Waals surface area contributed by atoms with Crippen LogP contribution in [0.1, 0.15) is 5.56 Å². The molecule has 2 rings (SSSR count). The van der Waals surface area contributed by atoms with Crippen molar-refractivity contribution in [1.82, 2.24) is 4.98 Å². The molecule has 0 aliphatic carbocycles. The summed E-state index contributed by atoms with van der Waals surface area (Å²) in [6, 6.07) is 5.00. The molecule has 0 fully saturated rings. The molecule has 0 saturated carbocycles. The minimum absolute atomic E-state index is 0.333. The molecule has 64 valence electrons. The quantitative estimate of drug-likeness (QED) is 0.754. The number of aromatic nitrogens is 1. The summed E-state index contributed by atoms with van der Waals surface area (Å²) >= 11 is 3.17. The highest BCUT2D eigenvalue weighted by molar-refractivity contribution is 9.10. The van der Waals surface area contributed by atoms with Gasteiger partial charge in [-0.05, 0) is 12.1 Å². The van der Waals surface area contributed by atoms with Crippen molar-refractivity contribution in [3.05, 3.63) is 34.2 Å². The number of nitriles is 1. The van der Waals surface area contributed by atoms with E-state index < -0.39 is 0 Å². The number of nitrogens with zero attached hydrogens (tertiary/aromatic N) is 1. The van der Waals surface area contributed by atoms with Gasteiger partial charge in [0.2, 0.25) is 0 Å². The first kappa shape index (κ1) is 8.27. The monoisotopic (exact) mass is 238 g/mol. The van der Waals surface area contributed by atoms with Crippen molar-refractivity contribution in [2.75, 3.05) is 0 Å². The molecule has 1 N–H and O–H groups in total. The lowest BCUT2D eigenvalue weighted by molar-refractivity contribution is 0.639. The van der Waals surface area contributed by atoms with Crippen LogP contribution in [0.15, 0.2) is 22.8 Å². The van der Waals surface area contributed by atoms with Crippen molar-refractivity contribution in [1.29, 1.82) is 5.26 Å². The van der Waals surface area contributed by atoms with E-state index in [9.17, 15) is 4.39 Å². The lowest BCUT2D eigenvalue weighted by Crippen LogP contribution is -1.79. The number of hydrogen-bond acceptors (Lipinski definition) is 1. The summed E-state index contributed by atoms with van der Waals surface area (Å²) in [6.45, 7) is 0. The van der Waals surface area contributed by atoms with Crippen LogP contribution in [0.2, 0.25) is 0 Å². The second kappa shape index (κ2) is 2.86. The maximum absolute atomic E-state index is 13.3. The van der Waals surface area contributed by atoms with Crippen molar-refractivity contribution in [2.24, 2.45) is 0 Å². The third-order valence-electron chi connectivity index (χ3n) is 1.82. The highest BCUT2D eigenvalue weighted by Crippen LogP contribution is 2.25.